The van der Waals surface area contributed by atoms with E-state index in [4.69, 9.17) is 9.52 Å². The Balaban J connectivity index is 2.85. The standard InChI is InChI=1S/C4H6N2O2S/c1-2(7)3-5-6-4(9)8-3/h2,7H,1H3,(H,6,9). The normalized spacial score (nSPS) is 13.7. The van der Waals surface area contributed by atoms with Crippen LogP contribution in [0.3, 0.4) is 0 Å². The molecule has 1 atom stereocenters. The third-order valence-electron chi connectivity index (χ3n) is 0.787. The van der Waals surface area contributed by atoms with E-state index in [0.29, 0.717) is 0 Å². The lowest BCUT2D eigenvalue weighted by molar-refractivity contribution is 0.157. The minimum absolute atomic E-state index is 0.172. The molecule has 1 aromatic rings. The van der Waals surface area contributed by atoms with Gasteiger partial charge in [0, 0.05) is 0 Å². The highest BCUT2D eigenvalue weighted by Crippen LogP contribution is 2.10. The highest BCUT2D eigenvalue weighted by Gasteiger charge is 2.07. The first-order valence-corrected chi connectivity index (χ1v) is 2.85. The number of rotatable bonds is 1. The average molecular weight is 146 g/mol. The van der Waals surface area contributed by atoms with Crippen LogP contribution in [0.1, 0.15) is 18.9 Å². The maximum atomic E-state index is 8.81. The van der Waals surface area contributed by atoms with Crippen LogP contribution in [-0.2, 0) is 0 Å². The lowest BCUT2D eigenvalue weighted by Gasteiger charge is -1.91. The predicted molar refractivity (Wildman–Crippen MR) is 32.2 cm³/mol. The Morgan fingerprint density at radius 1 is 1.67 bits per heavy atom. The van der Waals surface area contributed by atoms with E-state index in [0.717, 1.165) is 0 Å². The third kappa shape index (κ3) is 1.43. The Morgan fingerprint density at radius 2 is 2.33 bits per heavy atom. The molecule has 0 radical (unpaired) electrons. The minimum atomic E-state index is -0.710. The third-order valence-corrected chi connectivity index (χ3v) is 0.968. The van der Waals surface area contributed by atoms with E-state index in [9.17, 15) is 0 Å². The summed E-state index contributed by atoms with van der Waals surface area (Å²) in [5.74, 6) is 0.194. The summed E-state index contributed by atoms with van der Waals surface area (Å²) < 4.78 is 4.74. The van der Waals surface area contributed by atoms with Gasteiger partial charge >= 0.3 is 0 Å². The summed E-state index contributed by atoms with van der Waals surface area (Å²) >= 11 is 3.75. The fourth-order valence-corrected chi connectivity index (χ4v) is 0.533. The molecule has 1 heterocycles. The molecule has 0 spiro atoms. The maximum Gasteiger partial charge on any atom is 0.273 e. The van der Waals surface area contributed by atoms with Crippen LogP contribution in [0.15, 0.2) is 9.64 Å². The molecule has 9 heavy (non-hydrogen) atoms. The van der Waals surface area contributed by atoms with E-state index in [1.807, 2.05) is 0 Å². The second kappa shape index (κ2) is 2.36. The van der Waals surface area contributed by atoms with Crippen molar-refractivity contribution in [2.75, 3.05) is 0 Å². The molecule has 4 nitrogen and oxygen atoms in total. The Bertz CT molecular complexity index is 198. The zero-order valence-electron chi connectivity index (χ0n) is 4.77. The Morgan fingerprint density at radius 3 is 2.56 bits per heavy atom. The molecule has 1 rings (SSSR count). The largest absolute Gasteiger partial charge is 0.413 e. The molecule has 0 saturated carbocycles. The molecule has 0 bridgehead atoms. The number of aromatic nitrogens is 2. The molecule has 0 saturated heterocycles. The lowest BCUT2D eigenvalue weighted by Crippen LogP contribution is -1.89. The summed E-state index contributed by atoms with van der Waals surface area (Å²) in [6.45, 7) is 1.54. The van der Waals surface area contributed by atoms with Crippen molar-refractivity contribution in [3.8, 4) is 0 Å². The monoisotopic (exact) mass is 146 g/mol. The van der Waals surface area contributed by atoms with Gasteiger partial charge in [0.2, 0.25) is 5.89 Å². The zero-order valence-corrected chi connectivity index (χ0v) is 5.67. The molecular formula is C4H6N2O2S. The van der Waals surface area contributed by atoms with Crippen LogP contribution in [0.25, 0.3) is 0 Å². The molecule has 5 heteroatoms. The van der Waals surface area contributed by atoms with E-state index in [1.165, 1.54) is 0 Å². The Kier molecular flexibility index (Phi) is 1.73. The number of hydrogen-bond donors (Lipinski definition) is 2. The van der Waals surface area contributed by atoms with Gasteiger partial charge < -0.3 is 9.52 Å². The van der Waals surface area contributed by atoms with Crippen molar-refractivity contribution in [3.63, 3.8) is 0 Å². The second-order valence-corrected chi connectivity index (χ2v) is 1.98. The van der Waals surface area contributed by atoms with Crippen LogP contribution in [0, 0.1) is 0 Å². The highest BCUT2D eigenvalue weighted by atomic mass is 32.1. The predicted octanol–water partition coefficient (Wildman–Crippen LogP) is 0.412. The van der Waals surface area contributed by atoms with Gasteiger partial charge in [-0.2, -0.15) is 0 Å². The highest BCUT2D eigenvalue weighted by molar-refractivity contribution is 7.80. The van der Waals surface area contributed by atoms with E-state index >= 15 is 0 Å². The van der Waals surface area contributed by atoms with Crippen molar-refractivity contribution in [2.45, 2.75) is 18.3 Å². The number of aliphatic hydroxyl groups is 1. The number of hydrogen-bond acceptors (Lipinski definition) is 5. The van der Waals surface area contributed by atoms with Crippen molar-refractivity contribution < 1.29 is 9.52 Å². The van der Waals surface area contributed by atoms with Gasteiger partial charge in [-0.3, -0.25) is 0 Å². The van der Waals surface area contributed by atoms with Crippen LogP contribution in [0.4, 0.5) is 0 Å². The second-order valence-electron chi connectivity index (χ2n) is 1.60. The van der Waals surface area contributed by atoms with Gasteiger partial charge in [-0.15, -0.1) is 10.2 Å². The molecule has 1 unspecified atom stereocenters. The molecular weight excluding hydrogens is 140 g/mol. The van der Waals surface area contributed by atoms with Crippen LogP contribution < -0.4 is 0 Å². The summed E-state index contributed by atoms with van der Waals surface area (Å²) in [5.41, 5.74) is 0. The van der Waals surface area contributed by atoms with Gasteiger partial charge in [0.05, 0.1) is 0 Å². The quantitative estimate of drug-likeness (QED) is 0.563. The summed E-state index contributed by atoms with van der Waals surface area (Å²) in [5, 5.41) is 15.9. The SMILES string of the molecule is CC(O)c1nnc(S)o1. The topological polar surface area (TPSA) is 59.2 Å². The van der Waals surface area contributed by atoms with Crippen molar-refractivity contribution in [1.82, 2.24) is 10.2 Å². The molecule has 0 aliphatic carbocycles. The molecule has 1 aromatic heterocycles. The minimum Gasteiger partial charge on any atom is -0.413 e. The van der Waals surface area contributed by atoms with Crippen LogP contribution in [-0.4, -0.2) is 15.3 Å². The first kappa shape index (κ1) is 6.57. The van der Waals surface area contributed by atoms with E-state index < -0.39 is 6.10 Å². The van der Waals surface area contributed by atoms with Gasteiger partial charge in [-0.05, 0) is 6.92 Å². The van der Waals surface area contributed by atoms with Gasteiger partial charge in [-0.25, -0.2) is 0 Å². The molecule has 1 N–H and O–H groups in total. The van der Waals surface area contributed by atoms with E-state index in [2.05, 4.69) is 22.8 Å². The lowest BCUT2D eigenvalue weighted by atomic mass is 10.4. The zero-order chi connectivity index (χ0) is 6.85. The van der Waals surface area contributed by atoms with Gasteiger partial charge in [0.1, 0.15) is 6.10 Å². The van der Waals surface area contributed by atoms with Crippen molar-refractivity contribution >= 4 is 12.6 Å². The molecule has 0 amide bonds. The van der Waals surface area contributed by atoms with Crippen molar-refractivity contribution in [3.05, 3.63) is 5.89 Å². The van der Waals surface area contributed by atoms with Crippen LogP contribution >= 0.6 is 12.6 Å². The first-order valence-electron chi connectivity index (χ1n) is 2.40. The van der Waals surface area contributed by atoms with Gasteiger partial charge in [0.15, 0.2) is 0 Å². The number of thiol groups is 1. The number of aliphatic hydroxyl groups excluding tert-OH is 1. The van der Waals surface area contributed by atoms with Crippen molar-refractivity contribution in [1.29, 1.82) is 0 Å². The van der Waals surface area contributed by atoms with Crippen LogP contribution in [0.5, 0.6) is 0 Å². The summed E-state index contributed by atoms with van der Waals surface area (Å²) in [4.78, 5) is 0. The summed E-state index contributed by atoms with van der Waals surface area (Å²) in [6.07, 6.45) is -0.710. The van der Waals surface area contributed by atoms with Gasteiger partial charge in [0.25, 0.3) is 5.22 Å². The fourth-order valence-electron chi connectivity index (χ4n) is 0.395. The smallest absolute Gasteiger partial charge is 0.273 e. The Hall–Kier alpha value is -0.550. The van der Waals surface area contributed by atoms with E-state index in [-0.39, 0.29) is 11.1 Å². The molecule has 0 aliphatic rings. The summed E-state index contributed by atoms with van der Waals surface area (Å²) in [7, 11) is 0. The van der Waals surface area contributed by atoms with Crippen molar-refractivity contribution in [2.24, 2.45) is 0 Å². The Labute approximate surface area is 57.3 Å². The fraction of sp³-hybridized carbons (Fsp3) is 0.500. The first-order chi connectivity index (χ1) is 4.20. The maximum absolute atomic E-state index is 8.81. The molecule has 50 valence electrons. The van der Waals surface area contributed by atoms with E-state index in [1.54, 1.807) is 6.92 Å². The average Bonchev–Trinajstić information content (AvgIpc) is 2.14. The molecule has 0 aromatic carbocycles. The molecule has 0 aliphatic heterocycles. The van der Waals surface area contributed by atoms with Gasteiger partial charge in [-0.1, -0.05) is 12.6 Å². The summed E-state index contributed by atoms with van der Waals surface area (Å²) in [6, 6.07) is 0. The molecule has 0 fully saturated rings. The van der Waals surface area contributed by atoms with Crippen LogP contribution in [0.2, 0.25) is 0 Å². The number of nitrogens with zero attached hydrogens (tertiary/aromatic N) is 2.